The van der Waals surface area contributed by atoms with Gasteiger partial charge in [-0.2, -0.15) is 0 Å². The fraction of sp³-hybridized carbons (Fsp3) is 0.200. The molecule has 1 aromatic carbocycles. The van der Waals surface area contributed by atoms with E-state index < -0.39 is 0 Å². The van der Waals surface area contributed by atoms with Gasteiger partial charge in [-0.1, -0.05) is 0 Å². The summed E-state index contributed by atoms with van der Waals surface area (Å²) in [7, 11) is 0. The molecule has 0 saturated heterocycles. The van der Waals surface area contributed by atoms with Crippen molar-refractivity contribution in [3.63, 3.8) is 0 Å². The molecular formula is C15H14N2O3. The van der Waals surface area contributed by atoms with Crippen LogP contribution in [-0.2, 0) is 11.2 Å². The number of amides is 1. The van der Waals surface area contributed by atoms with E-state index in [4.69, 9.17) is 9.47 Å². The third kappa shape index (κ3) is 2.88. The van der Waals surface area contributed by atoms with Gasteiger partial charge < -0.3 is 14.8 Å². The average molecular weight is 270 g/mol. The molecule has 2 heterocycles. The Bertz CT molecular complexity index is 614. The molecule has 5 heteroatoms. The summed E-state index contributed by atoms with van der Waals surface area (Å²) in [5.74, 6) is 1.30. The molecule has 5 nitrogen and oxygen atoms in total. The topological polar surface area (TPSA) is 60.5 Å². The largest absolute Gasteiger partial charge is 0.486 e. The molecule has 0 radical (unpaired) electrons. The molecule has 1 amide bonds. The van der Waals surface area contributed by atoms with Crippen molar-refractivity contribution >= 4 is 11.6 Å². The second kappa shape index (κ2) is 5.61. The number of hydrogen-bond donors (Lipinski definition) is 1. The molecule has 1 N–H and O–H groups in total. The summed E-state index contributed by atoms with van der Waals surface area (Å²) in [5, 5.41) is 2.85. The van der Waals surface area contributed by atoms with Crippen LogP contribution in [0.25, 0.3) is 0 Å². The van der Waals surface area contributed by atoms with Crippen molar-refractivity contribution in [3.8, 4) is 11.5 Å². The zero-order valence-corrected chi connectivity index (χ0v) is 10.8. The summed E-state index contributed by atoms with van der Waals surface area (Å²) in [6, 6.07) is 9.03. The molecule has 20 heavy (non-hydrogen) atoms. The van der Waals surface area contributed by atoms with Crippen molar-refractivity contribution in [2.45, 2.75) is 6.42 Å². The number of anilines is 1. The van der Waals surface area contributed by atoms with E-state index in [0.717, 1.165) is 5.56 Å². The Hall–Kier alpha value is -2.56. The number of hydrogen-bond acceptors (Lipinski definition) is 4. The molecule has 2 aromatic rings. The third-order valence-corrected chi connectivity index (χ3v) is 2.94. The van der Waals surface area contributed by atoms with Crippen LogP contribution in [0, 0.1) is 0 Å². The Kier molecular flexibility index (Phi) is 3.50. The zero-order valence-electron chi connectivity index (χ0n) is 10.8. The van der Waals surface area contributed by atoms with E-state index in [-0.39, 0.29) is 5.91 Å². The summed E-state index contributed by atoms with van der Waals surface area (Å²) in [4.78, 5) is 15.9. The monoisotopic (exact) mass is 270 g/mol. The smallest absolute Gasteiger partial charge is 0.228 e. The van der Waals surface area contributed by atoms with E-state index in [1.54, 1.807) is 30.6 Å². The van der Waals surface area contributed by atoms with Crippen LogP contribution in [0.4, 0.5) is 5.69 Å². The predicted octanol–water partition coefficient (Wildman–Crippen LogP) is 2.03. The first-order valence-electron chi connectivity index (χ1n) is 6.40. The Labute approximate surface area is 116 Å². The van der Waals surface area contributed by atoms with Crippen molar-refractivity contribution in [1.82, 2.24) is 4.98 Å². The number of aromatic nitrogens is 1. The van der Waals surface area contributed by atoms with Crippen molar-refractivity contribution in [2.75, 3.05) is 18.5 Å². The number of carbonyl (C=O) groups excluding carboxylic acids is 1. The second-order valence-corrected chi connectivity index (χ2v) is 4.44. The standard InChI is InChI=1S/C15H14N2O3/c18-15(9-11-3-5-16-6-4-11)17-12-1-2-13-14(10-12)20-8-7-19-13/h1-6,10H,7-9H2,(H,17,18). The zero-order chi connectivity index (χ0) is 13.8. The van der Waals surface area contributed by atoms with Crippen LogP contribution in [0.2, 0.25) is 0 Å². The molecule has 0 bridgehead atoms. The SMILES string of the molecule is O=C(Cc1ccncc1)Nc1ccc2c(c1)OCCO2. The fourth-order valence-corrected chi connectivity index (χ4v) is 2.01. The van der Waals surface area contributed by atoms with Gasteiger partial charge >= 0.3 is 0 Å². The van der Waals surface area contributed by atoms with E-state index in [0.29, 0.717) is 36.8 Å². The average Bonchev–Trinajstić information content (AvgIpc) is 2.48. The first kappa shape index (κ1) is 12.5. The number of nitrogens with one attached hydrogen (secondary N) is 1. The summed E-state index contributed by atoms with van der Waals surface area (Å²) in [6.07, 6.45) is 3.66. The predicted molar refractivity (Wildman–Crippen MR) is 74.0 cm³/mol. The summed E-state index contributed by atoms with van der Waals surface area (Å²) < 4.78 is 10.9. The lowest BCUT2D eigenvalue weighted by Crippen LogP contribution is -2.17. The summed E-state index contributed by atoms with van der Waals surface area (Å²) in [5.41, 5.74) is 1.63. The number of fused-ring (bicyclic) bond motifs is 1. The quantitative estimate of drug-likeness (QED) is 0.927. The molecule has 0 saturated carbocycles. The van der Waals surface area contributed by atoms with Crippen molar-refractivity contribution in [2.24, 2.45) is 0 Å². The molecule has 0 spiro atoms. The Morgan fingerprint density at radius 2 is 1.85 bits per heavy atom. The number of benzene rings is 1. The molecular weight excluding hydrogens is 256 g/mol. The minimum Gasteiger partial charge on any atom is -0.486 e. The van der Waals surface area contributed by atoms with Crippen LogP contribution >= 0.6 is 0 Å². The van der Waals surface area contributed by atoms with Gasteiger partial charge in [0.2, 0.25) is 5.91 Å². The van der Waals surface area contributed by atoms with Gasteiger partial charge in [0.05, 0.1) is 6.42 Å². The summed E-state index contributed by atoms with van der Waals surface area (Å²) >= 11 is 0. The maximum Gasteiger partial charge on any atom is 0.228 e. The van der Waals surface area contributed by atoms with Crippen LogP contribution in [0.5, 0.6) is 11.5 Å². The lowest BCUT2D eigenvalue weighted by molar-refractivity contribution is -0.115. The van der Waals surface area contributed by atoms with Crippen molar-refractivity contribution < 1.29 is 14.3 Å². The van der Waals surface area contributed by atoms with Gasteiger partial charge in [-0.25, -0.2) is 0 Å². The molecule has 0 unspecified atom stereocenters. The van der Waals surface area contributed by atoms with Crippen molar-refractivity contribution in [3.05, 3.63) is 48.3 Å². The lowest BCUT2D eigenvalue weighted by atomic mass is 10.2. The molecule has 1 aliphatic rings. The molecule has 3 rings (SSSR count). The molecule has 0 fully saturated rings. The Morgan fingerprint density at radius 3 is 2.65 bits per heavy atom. The fourth-order valence-electron chi connectivity index (χ4n) is 2.01. The van der Waals surface area contributed by atoms with Gasteiger partial charge in [-0.3, -0.25) is 9.78 Å². The van der Waals surface area contributed by atoms with E-state index in [2.05, 4.69) is 10.3 Å². The highest BCUT2D eigenvalue weighted by Gasteiger charge is 2.12. The molecule has 0 atom stereocenters. The van der Waals surface area contributed by atoms with E-state index >= 15 is 0 Å². The second-order valence-electron chi connectivity index (χ2n) is 4.44. The maximum absolute atomic E-state index is 11.9. The number of rotatable bonds is 3. The van der Waals surface area contributed by atoms with Gasteiger partial charge in [-0.15, -0.1) is 0 Å². The van der Waals surface area contributed by atoms with Gasteiger partial charge in [0.1, 0.15) is 13.2 Å². The number of nitrogens with zero attached hydrogens (tertiary/aromatic N) is 1. The van der Waals surface area contributed by atoms with Crippen LogP contribution < -0.4 is 14.8 Å². The van der Waals surface area contributed by atoms with Gasteiger partial charge in [0, 0.05) is 24.1 Å². The minimum absolute atomic E-state index is 0.0760. The first-order valence-corrected chi connectivity index (χ1v) is 6.40. The molecule has 1 aliphatic heterocycles. The lowest BCUT2D eigenvalue weighted by Gasteiger charge is -2.19. The minimum atomic E-state index is -0.0760. The third-order valence-electron chi connectivity index (χ3n) is 2.94. The Morgan fingerprint density at radius 1 is 1.10 bits per heavy atom. The Balaban J connectivity index is 1.67. The normalized spacial score (nSPS) is 12.8. The first-order chi connectivity index (χ1) is 9.81. The van der Waals surface area contributed by atoms with Crippen LogP contribution in [0.1, 0.15) is 5.56 Å². The summed E-state index contributed by atoms with van der Waals surface area (Å²) in [6.45, 7) is 1.09. The number of pyridine rings is 1. The van der Waals surface area contributed by atoms with Gasteiger partial charge in [-0.05, 0) is 29.8 Å². The highest BCUT2D eigenvalue weighted by atomic mass is 16.6. The van der Waals surface area contributed by atoms with E-state index in [9.17, 15) is 4.79 Å². The van der Waals surface area contributed by atoms with Crippen LogP contribution in [-0.4, -0.2) is 24.1 Å². The van der Waals surface area contributed by atoms with Gasteiger partial charge in [0.15, 0.2) is 11.5 Å². The molecule has 1 aromatic heterocycles. The molecule has 102 valence electrons. The number of carbonyl (C=O) groups is 1. The molecule has 0 aliphatic carbocycles. The van der Waals surface area contributed by atoms with Crippen molar-refractivity contribution in [1.29, 1.82) is 0 Å². The highest BCUT2D eigenvalue weighted by molar-refractivity contribution is 5.92. The highest BCUT2D eigenvalue weighted by Crippen LogP contribution is 2.32. The van der Waals surface area contributed by atoms with Gasteiger partial charge in [0.25, 0.3) is 0 Å². The van der Waals surface area contributed by atoms with Crippen LogP contribution in [0.3, 0.4) is 0 Å². The van der Waals surface area contributed by atoms with E-state index in [1.807, 2.05) is 12.1 Å². The van der Waals surface area contributed by atoms with E-state index in [1.165, 1.54) is 0 Å². The maximum atomic E-state index is 11.9. The number of ether oxygens (including phenoxy) is 2. The van der Waals surface area contributed by atoms with Crippen LogP contribution in [0.15, 0.2) is 42.7 Å².